The van der Waals surface area contributed by atoms with Gasteiger partial charge in [-0.1, -0.05) is 54.9 Å². The lowest BCUT2D eigenvalue weighted by Crippen LogP contribution is -2.23. The van der Waals surface area contributed by atoms with Crippen molar-refractivity contribution in [2.45, 2.75) is 17.9 Å². The summed E-state index contributed by atoms with van der Waals surface area (Å²) in [4.78, 5) is 1.29. The highest BCUT2D eigenvalue weighted by Crippen LogP contribution is 2.28. The minimum absolute atomic E-state index is 0.281. The largest absolute Gasteiger partial charge is 0.309 e. The van der Waals surface area contributed by atoms with E-state index in [-0.39, 0.29) is 6.04 Å². The van der Waals surface area contributed by atoms with Crippen molar-refractivity contribution >= 4 is 23.4 Å². The van der Waals surface area contributed by atoms with Crippen molar-refractivity contribution in [1.82, 2.24) is 5.32 Å². The first-order valence-corrected chi connectivity index (χ1v) is 7.83. The molecule has 2 aromatic rings. The van der Waals surface area contributed by atoms with Gasteiger partial charge in [-0.2, -0.15) is 0 Å². The van der Waals surface area contributed by atoms with Gasteiger partial charge in [0.25, 0.3) is 0 Å². The highest BCUT2D eigenvalue weighted by atomic mass is 35.5. The smallest absolute Gasteiger partial charge is 0.0454 e. The number of hydrogen-bond donors (Lipinski definition) is 1. The minimum Gasteiger partial charge on any atom is -0.309 e. The zero-order valence-electron chi connectivity index (χ0n) is 11.0. The maximum Gasteiger partial charge on any atom is 0.0454 e. The Morgan fingerprint density at radius 1 is 1.05 bits per heavy atom. The Morgan fingerprint density at radius 3 is 2.42 bits per heavy atom. The van der Waals surface area contributed by atoms with Crippen LogP contribution in [0.1, 0.15) is 18.5 Å². The lowest BCUT2D eigenvalue weighted by molar-refractivity contribution is 0.606. The van der Waals surface area contributed by atoms with Crippen LogP contribution in [0.4, 0.5) is 0 Å². The molecule has 100 valence electrons. The SMILES string of the molecule is CCNC(CSc1ccccc1)c1ccccc1Cl. The molecule has 0 aliphatic carbocycles. The summed E-state index contributed by atoms with van der Waals surface area (Å²) in [5.74, 6) is 0.974. The zero-order chi connectivity index (χ0) is 13.5. The predicted octanol–water partition coefficient (Wildman–Crippen LogP) is 4.78. The topological polar surface area (TPSA) is 12.0 Å². The molecule has 19 heavy (non-hydrogen) atoms. The van der Waals surface area contributed by atoms with Crippen molar-refractivity contribution in [2.24, 2.45) is 0 Å². The van der Waals surface area contributed by atoms with Crippen LogP contribution in [0.3, 0.4) is 0 Å². The van der Waals surface area contributed by atoms with Gasteiger partial charge in [-0.15, -0.1) is 11.8 Å². The van der Waals surface area contributed by atoms with Gasteiger partial charge in [-0.05, 0) is 30.3 Å². The lowest BCUT2D eigenvalue weighted by Gasteiger charge is -2.19. The second-order valence-electron chi connectivity index (χ2n) is 4.26. The van der Waals surface area contributed by atoms with Crippen molar-refractivity contribution in [3.8, 4) is 0 Å². The third-order valence-electron chi connectivity index (χ3n) is 2.89. The van der Waals surface area contributed by atoms with E-state index in [0.29, 0.717) is 0 Å². The van der Waals surface area contributed by atoms with Crippen LogP contribution in [0.15, 0.2) is 59.5 Å². The first-order chi connectivity index (χ1) is 9.31. The molecule has 1 nitrogen and oxygen atoms in total. The summed E-state index contributed by atoms with van der Waals surface area (Å²) in [6, 6.07) is 18.8. The number of benzene rings is 2. The van der Waals surface area contributed by atoms with Crippen LogP contribution in [-0.4, -0.2) is 12.3 Å². The summed E-state index contributed by atoms with van der Waals surface area (Å²) >= 11 is 8.14. The molecule has 0 aliphatic rings. The highest BCUT2D eigenvalue weighted by Gasteiger charge is 2.13. The van der Waals surface area contributed by atoms with Crippen molar-refractivity contribution in [3.63, 3.8) is 0 Å². The fraction of sp³-hybridized carbons (Fsp3) is 0.250. The van der Waals surface area contributed by atoms with E-state index in [4.69, 9.17) is 11.6 Å². The van der Waals surface area contributed by atoms with Gasteiger partial charge < -0.3 is 5.32 Å². The molecule has 0 saturated carbocycles. The fourth-order valence-corrected chi connectivity index (χ4v) is 3.23. The molecule has 0 amide bonds. The molecular weight excluding hydrogens is 274 g/mol. The van der Waals surface area contributed by atoms with Gasteiger partial charge in [0, 0.05) is 21.7 Å². The zero-order valence-corrected chi connectivity index (χ0v) is 12.5. The van der Waals surface area contributed by atoms with Crippen LogP contribution in [0, 0.1) is 0 Å². The molecule has 0 aliphatic heterocycles. The molecule has 3 heteroatoms. The van der Waals surface area contributed by atoms with E-state index in [9.17, 15) is 0 Å². The molecule has 1 unspecified atom stereocenters. The number of thioether (sulfide) groups is 1. The Bertz CT molecular complexity index is 501. The summed E-state index contributed by atoms with van der Waals surface area (Å²) in [5.41, 5.74) is 1.18. The van der Waals surface area contributed by atoms with E-state index in [0.717, 1.165) is 17.3 Å². The monoisotopic (exact) mass is 291 g/mol. The fourth-order valence-electron chi connectivity index (χ4n) is 1.96. The number of nitrogens with one attached hydrogen (secondary N) is 1. The third kappa shape index (κ3) is 4.27. The Kier molecular flexibility index (Phi) is 5.77. The molecule has 0 saturated heterocycles. The van der Waals surface area contributed by atoms with Crippen molar-refractivity contribution in [3.05, 3.63) is 65.2 Å². The summed E-state index contributed by atoms with van der Waals surface area (Å²) < 4.78 is 0. The lowest BCUT2D eigenvalue weighted by atomic mass is 10.1. The van der Waals surface area contributed by atoms with Gasteiger partial charge in [0.05, 0.1) is 0 Å². The molecule has 2 aromatic carbocycles. The van der Waals surface area contributed by atoms with Crippen LogP contribution < -0.4 is 5.32 Å². The normalized spacial score (nSPS) is 12.3. The Hall–Kier alpha value is -0.960. The summed E-state index contributed by atoms with van der Waals surface area (Å²) in [6.45, 7) is 3.06. The van der Waals surface area contributed by atoms with Crippen molar-refractivity contribution in [1.29, 1.82) is 0 Å². The molecule has 0 fully saturated rings. The number of halogens is 1. The second-order valence-corrected chi connectivity index (χ2v) is 5.76. The third-order valence-corrected chi connectivity index (χ3v) is 4.34. The van der Waals surface area contributed by atoms with Crippen molar-refractivity contribution in [2.75, 3.05) is 12.3 Å². The molecule has 2 rings (SSSR count). The van der Waals surface area contributed by atoms with Crippen LogP contribution in [0.25, 0.3) is 0 Å². The molecule has 1 atom stereocenters. The van der Waals surface area contributed by atoms with Crippen LogP contribution >= 0.6 is 23.4 Å². The van der Waals surface area contributed by atoms with Gasteiger partial charge in [-0.25, -0.2) is 0 Å². The Morgan fingerprint density at radius 2 is 1.74 bits per heavy atom. The first kappa shape index (κ1) is 14.4. The maximum atomic E-state index is 6.29. The first-order valence-electron chi connectivity index (χ1n) is 6.47. The molecule has 0 radical (unpaired) electrons. The van der Waals surface area contributed by atoms with E-state index in [1.807, 2.05) is 36.0 Å². The van der Waals surface area contributed by atoms with Gasteiger partial charge in [0.1, 0.15) is 0 Å². The average molecular weight is 292 g/mol. The van der Waals surface area contributed by atoms with E-state index in [2.05, 4.69) is 42.6 Å². The molecule has 1 N–H and O–H groups in total. The molecular formula is C16H18ClNS. The minimum atomic E-state index is 0.281. The Labute approximate surface area is 124 Å². The average Bonchev–Trinajstić information content (AvgIpc) is 2.45. The number of hydrogen-bond acceptors (Lipinski definition) is 2. The highest BCUT2D eigenvalue weighted by molar-refractivity contribution is 7.99. The van der Waals surface area contributed by atoms with Gasteiger partial charge in [-0.3, -0.25) is 0 Å². The standard InChI is InChI=1S/C16H18ClNS/c1-2-18-16(14-10-6-7-11-15(14)17)12-19-13-8-4-3-5-9-13/h3-11,16,18H,2,12H2,1H3. The molecule has 0 heterocycles. The number of rotatable bonds is 6. The second kappa shape index (κ2) is 7.59. The van der Waals surface area contributed by atoms with E-state index in [1.54, 1.807) is 0 Å². The van der Waals surface area contributed by atoms with Crippen molar-refractivity contribution < 1.29 is 0 Å². The van der Waals surface area contributed by atoms with Gasteiger partial charge >= 0.3 is 0 Å². The maximum absolute atomic E-state index is 6.29. The van der Waals surface area contributed by atoms with Crippen LogP contribution in [0.2, 0.25) is 5.02 Å². The summed E-state index contributed by atoms with van der Waals surface area (Å²) in [7, 11) is 0. The quantitative estimate of drug-likeness (QED) is 0.769. The summed E-state index contributed by atoms with van der Waals surface area (Å²) in [5, 5.41) is 4.34. The Balaban J connectivity index is 2.07. The van der Waals surface area contributed by atoms with E-state index >= 15 is 0 Å². The molecule has 0 bridgehead atoms. The van der Waals surface area contributed by atoms with Crippen LogP contribution in [0.5, 0.6) is 0 Å². The van der Waals surface area contributed by atoms with Crippen LogP contribution in [-0.2, 0) is 0 Å². The predicted molar refractivity (Wildman–Crippen MR) is 85.0 cm³/mol. The van der Waals surface area contributed by atoms with E-state index < -0.39 is 0 Å². The summed E-state index contributed by atoms with van der Waals surface area (Å²) in [6.07, 6.45) is 0. The molecule has 0 spiro atoms. The van der Waals surface area contributed by atoms with Gasteiger partial charge in [0.2, 0.25) is 0 Å². The van der Waals surface area contributed by atoms with Gasteiger partial charge in [0.15, 0.2) is 0 Å². The molecule has 0 aromatic heterocycles. The van der Waals surface area contributed by atoms with E-state index in [1.165, 1.54) is 10.5 Å².